The Morgan fingerprint density at radius 1 is 1.39 bits per heavy atom. The van der Waals surface area contributed by atoms with E-state index in [9.17, 15) is 4.79 Å². The summed E-state index contributed by atoms with van der Waals surface area (Å²) in [5, 5.41) is 1.07. The minimum atomic E-state index is 0.0910. The molecule has 1 aromatic carbocycles. The number of aromatic amines is 1. The molecule has 1 unspecified atom stereocenters. The fourth-order valence-electron chi connectivity index (χ4n) is 2.56. The standard InChI is InChI=1S/C14H17N3O/c15-12-2-1-7-17(9-12)14(18)11-3-4-13-10(8-11)5-6-16-13/h3-6,8,12,16H,1-2,7,9,15H2. The van der Waals surface area contributed by atoms with Gasteiger partial charge in [-0.05, 0) is 37.1 Å². The van der Waals surface area contributed by atoms with E-state index in [-0.39, 0.29) is 11.9 Å². The van der Waals surface area contributed by atoms with Crippen LogP contribution >= 0.6 is 0 Å². The number of nitrogens with one attached hydrogen (secondary N) is 1. The van der Waals surface area contributed by atoms with Gasteiger partial charge in [0, 0.05) is 41.8 Å². The second-order valence-corrected chi connectivity index (χ2v) is 4.93. The van der Waals surface area contributed by atoms with Gasteiger partial charge in [-0.15, -0.1) is 0 Å². The van der Waals surface area contributed by atoms with Crippen molar-refractivity contribution >= 4 is 16.8 Å². The number of H-pyrrole nitrogens is 1. The summed E-state index contributed by atoms with van der Waals surface area (Å²) in [7, 11) is 0. The summed E-state index contributed by atoms with van der Waals surface area (Å²) >= 11 is 0. The number of likely N-dealkylation sites (tertiary alicyclic amines) is 1. The molecule has 0 radical (unpaired) electrons. The highest BCUT2D eigenvalue weighted by molar-refractivity contribution is 5.98. The van der Waals surface area contributed by atoms with Crippen molar-refractivity contribution in [2.45, 2.75) is 18.9 Å². The molecule has 1 saturated heterocycles. The third-order valence-electron chi connectivity index (χ3n) is 3.55. The van der Waals surface area contributed by atoms with E-state index in [0.717, 1.165) is 35.9 Å². The molecule has 1 fully saturated rings. The molecule has 2 heterocycles. The van der Waals surface area contributed by atoms with E-state index >= 15 is 0 Å². The predicted molar refractivity (Wildman–Crippen MR) is 71.4 cm³/mol. The number of hydrogen-bond acceptors (Lipinski definition) is 2. The van der Waals surface area contributed by atoms with Gasteiger partial charge in [-0.2, -0.15) is 0 Å². The van der Waals surface area contributed by atoms with Crippen LogP contribution in [0.2, 0.25) is 0 Å². The highest BCUT2D eigenvalue weighted by Gasteiger charge is 2.22. The van der Waals surface area contributed by atoms with Crippen LogP contribution < -0.4 is 5.73 Å². The molecule has 0 spiro atoms. The Hall–Kier alpha value is -1.81. The Morgan fingerprint density at radius 2 is 2.28 bits per heavy atom. The van der Waals surface area contributed by atoms with Crippen molar-refractivity contribution in [3.63, 3.8) is 0 Å². The predicted octanol–water partition coefficient (Wildman–Crippen LogP) is 1.73. The number of nitrogens with two attached hydrogens (primary N) is 1. The summed E-state index contributed by atoms with van der Waals surface area (Å²) in [6.45, 7) is 1.49. The molecule has 1 aliphatic heterocycles. The lowest BCUT2D eigenvalue weighted by Crippen LogP contribution is -2.45. The molecule has 0 bridgehead atoms. The number of benzene rings is 1. The van der Waals surface area contributed by atoms with Crippen molar-refractivity contribution in [3.05, 3.63) is 36.0 Å². The number of rotatable bonds is 1. The summed E-state index contributed by atoms with van der Waals surface area (Å²) in [5.74, 6) is 0.0910. The number of carbonyl (C=O) groups excluding carboxylic acids is 1. The molecule has 1 aliphatic rings. The minimum absolute atomic E-state index is 0.0910. The van der Waals surface area contributed by atoms with Crippen LogP contribution in [0.25, 0.3) is 10.9 Å². The van der Waals surface area contributed by atoms with Crippen LogP contribution in [0.4, 0.5) is 0 Å². The molecule has 4 heteroatoms. The van der Waals surface area contributed by atoms with Gasteiger partial charge in [-0.25, -0.2) is 0 Å². The third kappa shape index (κ3) is 1.99. The maximum atomic E-state index is 12.4. The van der Waals surface area contributed by atoms with Gasteiger partial charge in [0.25, 0.3) is 5.91 Å². The first-order chi connectivity index (χ1) is 8.74. The number of amides is 1. The smallest absolute Gasteiger partial charge is 0.253 e. The summed E-state index contributed by atoms with van der Waals surface area (Å²) < 4.78 is 0. The quantitative estimate of drug-likeness (QED) is 0.801. The van der Waals surface area contributed by atoms with Crippen LogP contribution in [-0.4, -0.2) is 34.9 Å². The SMILES string of the molecule is NC1CCCN(C(=O)c2ccc3[nH]ccc3c2)C1. The Balaban J connectivity index is 1.86. The van der Waals surface area contributed by atoms with Crippen molar-refractivity contribution in [3.8, 4) is 0 Å². The zero-order valence-corrected chi connectivity index (χ0v) is 10.2. The van der Waals surface area contributed by atoms with Crippen LogP contribution in [0.5, 0.6) is 0 Å². The van der Waals surface area contributed by atoms with Crippen molar-refractivity contribution in [2.75, 3.05) is 13.1 Å². The average molecular weight is 243 g/mol. The van der Waals surface area contributed by atoms with E-state index in [0.29, 0.717) is 6.54 Å². The second kappa shape index (κ2) is 4.46. The summed E-state index contributed by atoms with van der Waals surface area (Å²) in [6.07, 6.45) is 3.90. The summed E-state index contributed by atoms with van der Waals surface area (Å²) in [5.41, 5.74) is 7.72. The van der Waals surface area contributed by atoms with Crippen LogP contribution in [0.15, 0.2) is 30.5 Å². The lowest BCUT2D eigenvalue weighted by molar-refractivity contribution is 0.0709. The highest BCUT2D eigenvalue weighted by atomic mass is 16.2. The van der Waals surface area contributed by atoms with E-state index in [4.69, 9.17) is 5.73 Å². The first kappa shape index (κ1) is 11.3. The van der Waals surface area contributed by atoms with Gasteiger partial charge in [0.05, 0.1) is 0 Å². The topological polar surface area (TPSA) is 62.1 Å². The van der Waals surface area contributed by atoms with Crippen molar-refractivity contribution in [1.29, 1.82) is 0 Å². The average Bonchev–Trinajstić information content (AvgIpc) is 2.85. The fourth-order valence-corrected chi connectivity index (χ4v) is 2.56. The zero-order chi connectivity index (χ0) is 12.5. The molecule has 4 nitrogen and oxygen atoms in total. The Morgan fingerprint density at radius 3 is 3.11 bits per heavy atom. The van der Waals surface area contributed by atoms with Gasteiger partial charge >= 0.3 is 0 Å². The lowest BCUT2D eigenvalue weighted by Gasteiger charge is -2.30. The number of hydrogen-bond donors (Lipinski definition) is 2. The number of aromatic nitrogens is 1. The molecule has 0 saturated carbocycles. The molecule has 18 heavy (non-hydrogen) atoms. The van der Waals surface area contributed by atoms with E-state index in [1.54, 1.807) is 0 Å². The zero-order valence-electron chi connectivity index (χ0n) is 10.2. The Labute approximate surface area is 106 Å². The molecular weight excluding hydrogens is 226 g/mol. The van der Waals surface area contributed by atoms with Crippen molar-refractivity contribution in [1.82, 2.24) is 9.88 Å². The van der Waals surface area contributed by atoms with Gasteiger partial charge in [0.1, 0.15) is 0 Å². The van der Waals surface area contributed by atoms with E-state index in [1.165, 1.54) is 0 Å². The number of nitrogens with zero attached hydrogens (tertiary/aromatic N) is 1. The van der Waals surface area contributed by atoms with Gasteiger partial charge in [-0.3, -0.25) is 4.79 Å². The Bertz CT molecular complexity index is 575. The van der Waals surface area contributed by atoms with E-state index in [1.807, 2.05) is 35.4 Å². The number of fused-ring (bicyclic) bond motifs is 1. The summed E-state index contributed by atoms with van der Waals surface area (Å²) in [4.78, 5) is 17.4. The molecule has 1 atom stereocenters. The van der Waals surface area contributed by atoms with Crippen molar-refractivity contribution < 1.29 is 4.79 Å². The summed E-state index contributed by atoms with van der Waals surface area (Å²) in [6, 6.07) is 7.87. The van der Waals surface area contributed by atoms with Crippen LogP contribution in [0, 0.1) is 0 Å². The van der Waals surface area contributed by atoms with Gasteiger partial charge in [-0.1, -0.05) is 0 Å². The number of carbonyl (C=O) groups is 1. The minimum Gasteiger partial charge on any atom is -0.361 e. The molecular formula is C14H17N3O. The van der Waals surface area contributed by atoms with Gasteiger partial charge in [0.2, 0.25) is 0 Å². The maximum Gasteiger partial charge on any atom is 0.253 e. The molecule has 94 valence electrons. The third-order valence-corrected chi connectivity index (χ3v) is 3.55. The maximum absolute atomic E-state index is 12.4. The highest BCUT2D eigenvalue weighted by Crippen LogP contribution is 2.17. The van der Waals surface area contributed by atoms with Crippen LogP contribution in [0.3, 0.4) is 0 Å². The first-order valence-electron chi connectivity index (χ1n) is 6.36. The largest absolute Gasteiger partial charge is 0.361 e. The molecule has 3 N–H and O–H groups in total. The second-order valence-electron chi connectivity index (χ2n) is 4.93. The molecule has 3 rings (SSSR count). The van der Waals surface area contributed by atoms with E-state index in [2.05, 4.69) is 4.98 Å². The van der Waals surface area contributed by atoms with Crippen LogP contribution in [-0.2, 0) is 0 Å². The van der Waals surface area contributed by atoms with E-state index < -0.39 is 0 Å². The normalized spacial score (nSPS) is 20.3. The monoisotopic (exact) mass is 243 g/mol. The molecule has 0 aliphatic carbocycles. The van der Waals surface area contributed by atoms with Crippen molar-refractivity contribution in [2.24, 2.45) is 5.73 Å². The molecule has 1 aromatic heterocycles. The molecule has 2 aromatic rings. The van der Waals surface area contributed by atoms with Gasteiger partial charge < -0.3 is 15.6 Å². The fraction of sp³-hybridized carbons (Fsp3) is 0.357. The van der Waals surface area contributed by atoms with Crippen LogP contribution in [0.1, 0.15) is 23.2 Å². The molecule has 1 amide bonds. The lowest BCUT2D eigenvalue weighted by atomic mass is 10.0. The Kier molecular flexibility index (Phi) is 2.80. The number of piperidine rings is 1. The van der Waals surface area contributed by atoms with Gasteiger partial charge in [0.15, 0.2) is 0 Å². The first-order valence-corrected chi connectivity index (χ1v) is 6.36.